The number of nitrogens with zero attached hydrogens (tertiary/aromatic N) is 2. The van der Waals surface area contributed by atoms with Crippen molar-refractivity contribution in [3.63, 3.8) is 0 Å². The van der Waals surface area contributed by atoms with Gasteiger partial charge in [0.2, 0.25) is 0 Å². The van der Waals surface area contributed by atoms with E-state index in [9.17, 15) is 13.2 Å². The van der Waals surface area contributed by atoms with Gasteiger partial charge in [-0.25, -0.2) is 9.52 Å². The fraction of sp³-hybridized carbons (Fsp3) is 0.500. The summed E-state index contributed by atoms with van der Waals surface area (Å²) >= 11 is 0. The maximum absolute atomic E-state index is 12.5. The predicted molar refractivity (Wildman–Crippen MR) is 111 cm³/mol. The number of anilines is 1. The zero-order chi connectivity index (χ0) is 21.2. The lowest BCUT2D eigenvalue weighted by molar-refractivity contribution is 0.256. The number of carbonyl (C=O) groups is 1. The maximum Gasteiger partial charge on any atom is 0.333 e. The van der Waals surface area contributed by atoms with Gasteiger partial charge in [0.1, 0.15) is 0 Å². The van der Waals surface area contributed by atoms with Gasteiger partial charge in [-0.15, -0.1) is 0 Å². The summed E-state index contributed by atoms with van der Waals surface area (Å²) in [5.41, 5.74) is 3.71. The van der Waals surface area contributed by atoms with E-state index in [2.05, 4.69) is 15.1 Å². The van der Waals surface area contributed by atoms with Gasteiger partial charge in [0, 0.05) is 17.9 Å². The summed E-state index contributed by atoms with van der Waals surface area (Å²) in [6, 6.07) is 4.63. The molecule has 1 aromatic carbocycles. The molecule has 0 aliphatic rings. The van der Waals surface area contributed by atoms with Crippen molar-refractivity contribution in [3.8, 4) is 0 Å². The fourth-order valence-electron chi connectivity index (χ4n) is 2.96. The monoisotopic (exact) mass is 406 g/mol. The molecular formula is C20H30N4O3S. The molecule has 0 spiro atoms. The number of sulfonamides is 1. The molecule has 0 atom stereocenters. The lowest BCUT2D eigenvalue weighted by atomic mass is 9.90. The lowest BCUT2D eigenvalue weighted by Crippen LogP contribution is -2.35. The minimum absolute atomic E-state index is 0.0209. The van der Waals surface area contributed by atoms with E-state index in [4.69, 9.17) is 0 Å². The first kappa shape index (κ1) is 21.9. The number of hydrogen-bond donors (Lipinski definition) is 2. The van der Waals surface area contributed by atoms with Gasteiger partial charge in [-0.05, 0) is 49.8 Å². The third kappa shape index (κ3) is 4.92. The molecule has 2 aromatic rings. The molecule has 2 N–H and O–H groups in total. The van der Waals surface area contributed by atoms with Crippen molar-refractivity contribution < 1.29 is 13.2 Å². The average Bonchev–Trinajstić information content (AvgIpc) is 3.06. The van der Waals surface area contributed by atoms with Crippen molar-refractivity contribution >= 4 is 21.7 Å². The molecular weight excluding hydrogens is 376 g/mol. The van der Waals surface area contributed by atoms with Crippen LogP contribution in [0.5, 0.6) is 0 Å². The van der Waals surface area contributed by atoms with E-state index >= 15 is 0 Å². The summed E-state index contributed by atoms with van der Waals surface area (Å²) in [6.45, 7) is 13.9. The van der Waals surface area contributed by atoms with Gasteiger partial charge in [0.05, 0.1) is 0 Å². The van der Waals surface area contributed by atoms with Gasteiger partial charge < -0.3 is 5.32 Å². The minimum atomic E-state index is -4.06. The molecule has 0 aliphatic carbocycles. The van der Waals surface area contributed by atoms with Crippen LogP contribution in [0.2, 0.25) is 0 Å². The summed E-state index contributed by atoms with van der Waals surface area (Å²) in [4.78, 5) is 12.5. The summed E-state index contributed by atoms with van der Waals surface area (Å²) in [7, 11) is -4.06. The molecule has 0 aliphatic heterocycles. The third-order valence-electron chi connectivity index (χ3n) is 4.44. The van der Waals surface area contributed by atoms with Crippen LogP contribution in [0.1, 0.15) is 76.1 Å². The number of benzene rings is 1. The molecule has 0 unspecified atom stereocenters. The number of hydrogen-bond acceptors (Lipinski definition) is 4. The lowest BCUT2D eigenvalue weighted by Gasteiger charge is -2.21. The molecule has 0 fully saturated rings. The molecule has 1 aromatic heterocycles. The van der Waals surface area contributed by atoms with Gasteiger partial charge in [0.15, 0.2) is 5.03 Å². The van der Waals surface area contributed by atoms with E-state index in [1.807, 2.05) is 60.6 Å². The summed E-state index contributed by atoms with van der Waals surface area (Å²) in [6.07, 6.45) is 1.57. The Morgan fingerprint density at radius 1 is 1.04 bits per heavy atom. The van der Waals surface area contributed by atoms with E-state index in [1.54, 1.807) is 6.20 Å². The molecule has 2 amide bonds. The molecule has 0 saturated heterocycles. The average molecular weight is 407 g/mol. The molecule has 0 radical (unpaired) electrons. The van der Waals surface area contributed by atoms with Crippen molar-refractivity contribution in [3.05, 3.63) is 41.1 Å². The van der Waals surface area contributed by atoms with Crippen LogP contribution in [0.3, 0.4) is 0 Å². The largest absolute Gasteiger partial charge is 0.333 e. The Balaban J connectivity index is 2.31. The van der Waals surface area contributed by atoms with Crippen LogP contribution in [0.4, 0.5) is 10.5 Å². The van der Waals surface area contributed by atoms with Crippen molar-refractivity contribution in [2.75, 3.05) is 5.32 Å². The van der Waals surface area contributed by atoms with Crippen LogP contribution in [-0.4, -0.2) is 24.2 Å². The predicted octanol–water partition coefficient (Wildman–Crippen LogP) is 4.53. The van der Waals surface area contributed by atoms with Crippen molar-refractivity contribution in [2.24, 2.45) is 0 Å². The summed E-state index contributed by atoms with van der Waals surface area (Å²) in [5, 5.41) is 6.60. The second kappa shape index (κ2) is 8.34. The molecule has 1 heterocycles. The highest BCUT2D eigenvalue weighted by Gasteiger charge is 2.23. The number of aromatic nitrogens is 2. The number of rotatable bonds is 6. The van der Waals surface area contributed by atoms with E-state index < -0.39 is 16.1 Å². The van der Waals surface area contributed by atoms with E-state index in [0.717, 1.165) is 16.7 Å². The smallest absolute Gasteiger partial charge is 0.307 e. The molecule has 2 rings (SSSR count). The highest BCUT2D eigenvalue weighted by Crippen LogP contribution is 2.33. The van der Waals surface area contributed by atoms with Crippen molar-refractivity contribution in [2.45, 2.75) is 71.4 Å². The normalized spacial score (nSPS) is 12.1. The maximum atomic E-state index is 12.5. The first-order chi connectivity index (χ1) is 12.9. The van der Waals surface area contributed by atoms with Crippen molar-refractivity contribution in [1.82, 2.24) is 14.5 Å². The van der Waals surface area contributed by atoms with Crippen LogP contribution < -0.4 is 10.0 Å². The Hall–Kier alpha value is -2.35. The summed E-state index contributed by atoms with van der Waals surface area (Å²) < 4.78 is 28.6. The fourth-order valence-corrected chi connectivity index (χ4v) is 3.80. The quantitative estimate of drug-likeness (QED) is 0.737. The van der Waals surface area contributed by atoms with Gasteiger partial charge >= 0.3 is 6.03 Å². The Labute approximate surface area is 167 Å². The second-order valence-corrected chi connectivity index (χ2v) is 9.54. The Morgan fingerprint density at radius 2 is 1.57 bits per heavy atom. The Kier molecular flexibility index (Phi) is 6.54. The summed E-state index contributed by atoms with van der Waals surface area (Å²) in [5.74, 6) is 0.345. The topological polar surface area (TPSA) is 93.1 Å². The highest BCUT2D eigenvalue weighted by molar-refractivity contribution is 7.90. The molecule has 7 nitrogen and oxygen atoms in total. The van der Waals surface area contributed by atoms with Gasteiger partial charge in [-0.2, -0.15) is 13.5 Å². The SMILES string of the molecule is Cc1cc(C(C)C)c(NC(=O)NS(=O)(=O)c2ccn(C(C)C)n2)c(C(C)C)c1. The number of urea groups is 1. The van der Waals surface area contributed by atoms with E-state index in [1.165, 1.54) is 10.7 Å². The number of aryl methyl sites for hydroxylation is 1. The standard InChI is InChI=1S/C20H30N4O3S/c1-12(2)16-10-15(7)11-17(13(3)4)19(16)21-20(25)23-28(26,27)18-8-9-24(22-18)14(5)6/h8-14H,1-7H3,(H2,21,23,25). The van der Waals surface area contributed by atoms with Gasteiger partial charge in [-0.1, -0.05) is 45.4 Å². The van der Waals surface area contributed by atoms with E-state index in [-0.39, 0.29) is 22.9 Å². The first-order valence-corrected chi connectivity index (χ1v) is 10.9. The Morgan fingerprint density at radius 3 is 2.00 bits per heavy atom. The zero-order valence-electron chi connectivity index (χ0n) is 17.6. The molecule has 8 heteroatoms. The zero-order valence-corrected chi connectivity index (χ0v) is 18.4. The number of amides is 2. The van der Waals surface area contributed by atoms with Crippen LogP contribution in [0, 0.1) is 6.92 Å². The number of carbonyl (C=O) groups excluding carboxylic acids is 1. The van der Waals surface area contributed by atoms with Crippen LogP contribution in [0.25, 0.3) is 0 Å². The minimum Gasteiger partial charge on any atom is -0.307 e. The number of nitrogens with one attached hydrogen (secondary N) is 2. The highest BCUT2D eigenvalue weighted by atomic mass is 32.2. The Bertz CT molecular complexity index is 931. The molecule has 0 bridgehead atoms. The van der Waals surface area contributed by atoms with Crippen LogP contribution in [-0.2, 0) is 10.0 Å². The molecule has 28 heavy (non-hydrogen) atoms. The molecule has 154 valence electrons. The van der Waals surface area contributed by atoms with Crippen molar-refractivity contribution in [1.29, 1.82) is 0 Å². The third-order valence-corrected chi connectivity index (χ3v) is 5.66. The van der Waals surface area contributed by atoms with Gasteiger partial charge in [-0.3, -0.25) is 4.68 Å². The van der Waals surface area contributed by atoms with E-state index in [0.29, 0.717) is 5.69 Å². The first-order valence-electron chi connectivity index (χ1n) is 9.45. The molecule has 0 saturated carbocycles. The van der Waals surface area contributed by atoms with Gasteiger partial charge in [0.25, 0.3) is 10.0 Å². The van der Waals surface area contributed by atoms with Crippen LogP contribution >= 0.6 is 0 Å². The second-order valence-electron chi connectivity index (χ2n) is 7.92. The van der Waals surface area contributed by atoms with Crippen LogP contribution in [0.15, 0.2) is 29.4 Å².